The van der Waals surface area contributed by atoms with Crippen molar-refractivity contribution in [2.75, 3.05) is 39.3 Å². The molecule has 166 valence electrons. The van der Waals surface area contributed by atoms with E-state index in [0.717, 1.165) is 31.1 Å². The topological polar surface area (TPSA) is 44.0 Å². The largest absolute Gasteiger partial charge is 0.469 e. The van der Waals surface area contributed by atoms with E-state index in [0.29, 0.717) is 32.7 Å². The third-order valence-electron chi connectivity index (χ3n) is 5.15. The van der Waals surface area contributed by atoms with E-state index in [1.165, 1.54) is 9.78 Å². The average molecular weight is 443 g/mol. The molecule has 1 aliphatic heterocycles. The quantitative estimate of drug-likeness (QED) is 0.466. The highest BCUT2D eigenvalue weighted by molar-refractivity contribution is 7.09. The van der Waals surface area contributed by atoms with Crippen LogP contribution in [0.4, 0.5) is 13.2 Å². The number of thiophene rings is 1. The maximum absolute atomic E-state index is 12.8. The van der Waals surface area contributed by atoms with Crippen molar-refractivity contribution >= 4 is 17.3 Å². The molecule has 1 atom stereocenters. The Morgan fingerprint density at radius 3 is 2.90 bits per heavy atom. The van der Waals surface area contributed by atoms with Gasteiger partial charge in [0, 0.05) is 37.5 Å². The minimum Gasteiger partial charge on any atom is -0.469 e. The van der Waals surface area contributed by atoms with Crippen molar-refractivity contribution in [3.8, 4) is 0 Å². The van der Waals surface area contributed by atoms with E-state index in [-0.39, 0.29) is 5.92 Å². The molecule has 1 saturated heterocycles. The summed E-state index contributed by atoms with van der Waals surface area (Å²) in [6, 6.07) is 7.87. The van der Waals surface area contributed by atoms with E-state index in [2.05, 4.69) is 16.3 Å². The van der Waals surface area contributed by atoms with Crippen molar-refractivity contribution in [1.29, 1.82) is 0 Å². The molecule has 1 N–H and O–H groups in total. The Kier molecular flexibility index (Phi) is 8.21. The van der Waals surface area contributed by atoms with Crippen LogP contribution in [-0.4, -0.2) is 61.2 Å². The zero-order chi connectivity index (χ0) is 21.4. The standard InChI is InChI=1S/C21H29F3N4OS/c1-2-27(16-21(22,23)24)14-17-8-10-28(15-17)20(26-13-19-6-4-12-30-19)25-9-7-18-5-3-11-29-18/h3-6,11-12,17H,2,7-10,13-16H2,1H3,(H,25,26). The number of aliphatic imine (C=N–C) groups is 1. The number of rotatable bonds is 9. The van der Waals surface area contributed by atoms with E-state index in [4.69, 9.17) is 9.41 Å². The number of hydrogen-bond donors (Lipinski definition) is 1. The Bertz CT molecular complexity index is 762. The van der Waals surface area contributed by atoms with Crippen LogP contribution in [0.3, 0.4) is 0 Å². The Labute approximate surface area is 179 Å². The minimum absolute atomic E-state index is 0.200. The number of guanidine groups is 1. The van der Waals surface area contributed by atoms with Gasteiger partial charge in [-0.15, -0.1) is 11.3 Å². The lowest BCUT2D eigenvalue weighted by Crippen LogP contribution is -2.42. The molecule has 0 saturated carbocycles. The van der Waals surface area contributed by atoms with Crippen molar-refractivity contribution in [2.24, 2.45) is 10.9 Å². The number of nitrogens with zero attached hydrogens (tertiary/aromatic N) is 3. The fourth-order valence-corrected chi connectivity index (χ4v) is 4.30. The van der Waals surface area contributed by atoms with E-state index in [1.807, 2.05) is 23.6 Å². The van der Waals surface area contributed by atoms with Crippen molar-refractivity contribution < 1.29 is 17.6 Å². The van der Waals surface area contributed by atoms with Gasteiger partial charge in [0.05, 0.1) is 19.4 Å². The first-order valence-corrected chi connectivity index (χ1v) is 11.2. The van der Waals surface area contributed by atoms with Crippen LogP contribution in [0.2, 0.25) is 0 Å². The summed E-state index contributed by atoms with van der Waals surface area (Å²) in [4.78, 5) is 9.61. The van der Waals surface area contributed by atoms with E-state index in [1.54, 1.807) is 24.5 Å². The molecule has 0 amide bonds. The molecule has 30 heavy (non-hydrogen) atoms. The molecule has 0 aliphatic carbocycles. The molecular weight excluding hydrogens is 413 g/mol. The molecule has 1 fully saturated rings. The van der Waals surface area contributed by atoms with Crippen molar-refractivity contribution in [2.45, 2.75) is 32.5 Å². The number of nitrogens with one attached hydrogen (secondary N) is 1. The second-order valence-corrected chi connectivity index (χ2v) is 8.55. The predicted molar refractivity (Wildman–Crippen MR) is 114 cm³/mol. The first kappa shape index (κ1) is 22.7. The molecular formula is C21H29F3N4OS. The second-order valence-electron chi connectivity index (χ2n) is 7.52. The van der Waals surface area contributed by atoms with Gasteiger partial charge in [-0.2, -0.15) is 13.2 Å². The predicted octanol–water partition coefficient (Wildman–Crippen LogP) is 4.24. The number of furan rings is 1. The summed E-state index contributed by atoms with van der Waals surface area (Å²) in [5, 5.41) is 5.44. The summed E-state index contributed by atoms with van der Waals surface area (Å²) < 4.78 is 43.7. The maximum Gasteiger partial charge on any atom is 0.401 e. The van der Waals surface area contributed by atoms with Gasteiger partial charge in [-0.25, -0.2) is 4.99 Å². The summed E-state index contributed by atoms with van der Waals surface area (Å²) in [6.45, 7) is 4.58. The summed E-state index contributed by atoms with van der Waals surface area (Å²) in [5.41, 5.74) is 0. The normalized spacial score (nSPS) is 17.8. The van der Waals surface area contributed by atoms with Gasteiger partial charge < -0.3 is 14.6 Å². The van der Waals surface area contributed by atoms with E-state index in [9.17, 15) is 13.2 Å². The van der Waals surface area contributed by atoms with Crippen LogP contribution in [0.1, 0.15) is 24.0 Å². The van der Waals surface area contributed by atoms with Crippen LogP contribution in [0, 0.1) is 5.92 Å². The van der Waals surface area contributed by atoms with Gasteiger partial charge in [-0.05, 0) is 42.5 Å². The van der Waals surface area contributed by atoms with Crippen molar-refractivity contribution in [3.05, 3.63) is 46.5 Å². The van der Waals surface area contributed by atoms with Gasteiger partial charge in [-0.1, -0.05) is 13.0 Å². The summed E-state index contributed by atoms with van der Waals surface area (Å²) in [6.07, 6.45) is -0.884. The molecule has 3 rings (SSSR count). The van der Waals surface area contributed by atoms with Gasteiger partial charge in [0.2, 0.25) is 0 Å². The highest BCUT2D eigenvalue weighted by Gasteiger charge is 2.33. The number of alkyl halides is 3. The summed E-state index contributed by atoms with van der Waals surface area (Å²) in [7, 11) is 0. The monoisotopic (exact) mass is 442 g/mol. The van der Waals surface area contributed by atoms with Crippen LogP contribution in [-0.2, 0) is 13.0 Å². The lowest BCUT2D eigenvalue weighted by molar-refractivity contribution is -0.146. The minimum atomic E-state index is -4.16. The van der Waals surface area contributed by atoms with Gasteiger partial charge in [-0.3, -0.25) is 4.90 Å². The molecule has 0 radical (unpaired) electrons. The van der Waals surface area contributed by atoms with Gasteiger partial charge in [0.25, 0.3) is 0 Å². The molecule has 1 aliphatic rings. The van der Waals surface area contributed by atoms with Gasteiger partial charge in [0.15, 0.2) is 5.96 Å². The third kappa shape index (κ3) is 7.36. The summed E-state index contributed by atoms with van der Waals surface area (Å²) >= 11 is 1.66. The van der Waals surface area contributed by atoms with E-state index < -0.39 is 12.7 Å². The summed E-state index contributed by atoms with van der Waals surface area (Å²) in [5.74, 6) is 1.92. The number of halogens is 3. The Hall–Kier alpha value is -2.00. The molecule has 2 aromatic heterocycles. The maximum atomic E-state index is 12.8. The molecule has 9 heteroatoms. The molecule has 0 spiro atoms. The van der Waals surface area contributed by atoms with Crippen LogP contribution in [0.15, 0.2) is 45.3 Å². The van der Waals surface area contributed by atoms with Crippen LogP contribution in [0.25, 0.3) is 0 Å². The molecule has 0 bridgehead atoms. The zero-order valence-electron chi connectivity index (χ0n) is 17.2. The average Bonchev–Trinajstić information content (AvgIpc) is 3.45. The second kappa shape index (κ2) is 10.9. The first-order chi connectivity index (χ1) is 14.4. The highest BCUT2D eigenvalue weighted by Crippen LogP contribution is 2.22. The molecule has 0 aromatic carbocycles. The zero-order valence-corrected chi connectivity index (χ0v) is 18.0. The molecule has 2 aromatic rings. The number of likely N-dealkylation sites (tertiary alicyclic amines) is 1. The Morgan fingerprint density at radius 1 is 1.37 bits per heavy atom. The molecule has 1 unspecified atom stereocenters. The lowest BCUT2D eigenvalue weighted by Gasteiger charge is -2.26. The Balaban J connectivity index is 1.57. The number of hydrogen-bond acceptors (Lipinski definition) is 4. The lowest BCUT2D eigenvalue weighted by atomic mass is 10.1. The fourth-order valence-electron chi connectivity index (χ4n) is 3.67. The molecule has 3 heterocycles. The first-order valence-electron chi connectivity index (χ1n) is 10.3. The Morgan fingerprint density at radius 2 is 2.23 bits per heavy atom. The van der Waals surface area contributed by atoms with Crippen LogP contribution < -0.4 is 5.32 Å². The van der Waals surface area contributed by atoms with Gasteiger partial charge in [0.1, 0.15) is 5.76 Å². The van der Waals surface area contributed by atoms with Crippen molar-refractivity contribution in [1.82, 2.24) is 15.1 Å². The van der Waals surface area contributed by atoms with Crippen LogP contribution >= 0.6 is 11.3 Å². The fraction of sp³-hybridized carbons (Fsp3) is 0.571. The highest BCUT2D eigenvalue weighted by atomic mass is 32.1. The molecule has 5 nitrogen and oxygen atoms in total. The van der Waals surface area contributed by atoms with Crippen LogP contribution in [0.5, 0.6) is 0 Å². The third-order valence-corrected chi connectivity index (χ3v) is 6.01. The van der Waals surface area contributed by atoms with Crippen molar-refractivity contribution in [3.63, 3.8) is 0 Å². The van der Waals surface area contributed by atoms with E-state index >= 15 is 0 Å². The smallest absolute Gasteiger partial charge is 0.401 e. The van der Waals surface area contributed by atoms with Gasteiger partial charge >= 0.3 is 6.18 Å². The SMILES string of the molecule is CCN(CC1CCN(C(=NCc2cccs2)NCCc2ccco2)C1)CC(F)(F)F.